The molecule has 2 N–H and O–H groups in total. The van der Waals surface area contributed by atoms with Crippen LogP contribution in [0.1, 0.15) is 12.8 Å². The Kier molecular flexibility index (Phi) is 3.27. The molecule has 8 heteroatoms. The van der Waals surface area contributed by atoms with E-state index in [9.17, 15) is 18.5 Å². The Bertz CT molecular complexity index is 673. The van der Waals surface area contributed by atoms with E-state index in [2.05, 4.69) is 0 Å². The molecule has 1 heterocycles. The normalized spacial score (nSPS) is 28.9. The van der Waals surface area contributed by atoms with Gasteiger partial charge in [0.2, 0.25) is 10.0 Å². The average Bonchev–Trinajstić information content (AvgIpc) is 3.21. The molecule has 7 nitrogen and oxygen atoms in total. The number of nitrogens with two attached hydrogens (primary N) is 1. The molecule has 0 radical (unpaired) electrons. The van der Waals surface area contributed by atoms with Crippen LogP contribution in [0.2, 0.25) is 0 Å². The van der Waals surface area contributed by atoms with Crippen LogP contribution < -0.4 is 5.73 Å². The molecule has 1 saturated heterocycles. The molecule has 1 aromatic carbocycles. The van der Waals surface area contributed by atoms with Crippen molar-refractivity contribution in [1.29, 1.82) is 0 Å². The van der Waals surface area contributed by atoms with Gasteiger partial charge in [-0.2, -0.15) is 4.31 Å². The van der Waals surface area contributed by atoms with Gasteiger partial charge in [0.05, 0.1) is 9.82 Å². The van der Waals surface area contributed by atoms with E-state index in [1.54, 1.807) is 0 Å². The molecule has 0 spiro atoms. The minimum atomic E-state index is -3.58. The van der Waals surface area contributed by atoms with Crippen LogP contribution in [0.5, 0.6) is 0 Å². The largest absolute Gasteiger partial charge is 0.330 e. The zero-order valence-electron chi connectivity index (χ0n) is 11.4. The summed E-state index contributed by atoms with van der Waals surface area (Å²) in [5, 5.41) is 10.6. The van der Waals surface area contributed by atoms with Crippen molar-refractivity contribution in [2.24, 2.45) is 17.1 Å². The lowest BCUT2D eigenvalue weighted by Crippen LogP contribution is -2.41. The van der Waals surface area contributed by atoms with Crippen molar-refractivity contribution < 1.29 is 13.3 Å². The van der Waals surface area contributed by atoms with Gasteiger partial charge in [0, 0.05) is 25.2 Å². The van der Waals surface area contributed by atoms with Crippen LogP contribution in [0.4, 0.5) is 5.69 Å². The van der Waals surface area contributed by atoms with Crippen LogP contribution in [0.25, 0.3) is 0 Å². The van der Waals surface area contributed by atoms with E-state index in [-0.39, 0.29) is 16.0 Å². The number of nitro groups is 1. The summed E-state index contributed by atoms with van der Waals surface area (Å²) >= 11 is 0. The van der Waals surface area contributed by atoms with Crippen molar-refractivity contribution in [3.05, 3.63) is 34.4 Å². The second-order valence-corrected chi connectivity index (χ2v) is 7.77. The molecule has 0 bridgehead atoms. The average molecular weight is 311 g/mol. The van der Waals surface area contributed by atoms with E-state index in [0.717, 1.165) is 12.8 Å². The third-order valence-corrected chi connectivity index (χ3v) is 6.61. The van der Waals surface area contributed by atoms with Crippen molar-refractivity contribution in [2.75, 3.05) is 19.6 Å². The highest BCUT2D eigenvalue weighted by molar-refractivity contribution is 7.89. The van der Waals surface area contributed by atoms with Crippen molar-refractivity contribution in [1.82, 2.24) is 4.31 Å². The summed E-state index contributed by atoms with van der Waals surface area (Å²) in [6.45, 7) is 1.58. The number of nitrogens with zero attached hydrogens (tertiary/aromatic N) is 2. The van der Waals surface area contributed by atoms with Gasteiger partial charge in [-0.25, -0.2) is 8.42 Å². The lowest BCUT2D eigenvalue weighted by Gasteiger charge is -2.30. The first-order valence-electron chi connectivity index (χ1n) is 6.84. The minimum Gasteiger partial charge on any atom is -0.330 e. The van der Waals surface area contributed by atoms with Gasteiger partial charge in [0.15, 0.2) is 0 Å². The topological polar surface area (TPSA) is 107 Å². The Labute approximate surface area is 122 Å². The smallest absolute Gasteiger partial charge is 0.269 e. The first-order valence-corrected chi connectivity index (χ1v) is 8.28. The Balaban J connectivity index is 1.80. The third kappa shape index (κ3) is 2.33. The van der Waals surface area contributed by atoms with Gasteiger partial charge in [0.1, 0.15) is 0 Å². The monoisotopic (exact) mass is 311 g/mol. The highest BCUT2D eigenvalue weighted by Gasteiger charge is 2.56. The Hall–Kier alpha value is -1.51. The van der Waals surface area contributed by atoms with Crippen molar-refractivity contribution in [2.45, 2.75) is 17.7 Å². The fourth-order valence-corrected chi connectivity index (χ4v) is 4.63. The van der Waals surface area contributed by atoms with Crippen molar-refractivity contribution in [3.63, 3.8) is 0 Å². The number of sulfonamides is 1. The lowest BCUT2D eigenvalue weighted by molar-refractivity contribution is -0.384. The van der Waals surface area contributed by atoms with Gasteiger partial charge in [-0.15, -0.1) is 0 Å². The molecule has 1 aliphatic heterocycles. The maximum atomic E-state index is 12.5. The van der Waals surface area contributed by atoms with E-state index in [4.69, 9.17) is 5.73 Å². The molecule has 0 amide bonds. The molecule has 21 heavy (non-hydrogen) atoms. The minimum absolute atomic E-state index is 0.106. The highest BCUT2D eigenvalue weighted by atomic mass is 32.2. The molecular weight excluding hydrogens is 294 g/mol. The first kappa shape index (κ1) is 14.4. The number of fused-ring (bicyclic) bond motifs is 1. The van der Waals surface area contributed by atoms with Crippen LogP contribution in [0.15, 0.2) is 29.2 Å². The second kappa shape index (κ2) is 4.75. The molecule has 2 atom stereocenters. The van der Waals surface area contributed by atoms with E-state index in [0.29, 0.717) is 25.6 Å². The van der Waals surface area contributed by atoms with Gasteiger partial charge in [-0.1, -0.05) is 0 Å². The first-order chi connectivity index (χ1) is 9.89. The number of nitro benzene ring substituents is 1. The van der Waals surface area contributed by atoms with Crippen LogP contribution >= 0.6 is 0 Å². The van der Waals surface area contributed by atoms with E-state index >= 15 is 0 Å². The van der Waals surface area contributed by atoms with Crippen LogP contribution in [-0.4, -0.2) is 37.3 Å². The summed E-state index contributed by atoms with van der Waals surface area (Å²) in [7, 11) is -3.58. The Morgan fingerprint density at radius 1 is 1.38 bits per heavy atom. The summed E-state index contributed by atoms with van der Waals surface area (Å²) in [5.41, 5.74) is 5.80. The summed E-state index contributed by atoms with van der Waals surface area (Å²) < 4.78 is 26.6. The summed E-state index contributed by atoms with van der Waals surface area (Å²) in [5.74, 6) is 0.351. The third-order valence-electron chi connectivity index (χ3n) is 4.73. The van der Waals surface area contributed by atoms with Gasteiger partial charge >= 0.3 is 0 Å². The number of piperidine rings is 1. The van der Waals surface area contributed by atoms with E-state index in [1.807, 2.05) is 0 Å². The number of benzene rings is 1. The SMILES string of the molecule is NC[C@@]12CCN(S(=O)(=O)c3ccc([N+](=O)[O-])cc3)C[C@@H]1C2. The standard InChI is InChI=1S/C13H17N3O4S/c14-9-13-5-6-15(8-10(13)7-13)21(19,20)12-3-1-11(2-4-12)16(17)18/h1-4,10H,5-9,14H2/t10-,13-/m0/s1. The summed E-state index contributed by atoms with van der Waals surface area (Å²) in [4.78, 5) is 10.2. The van der Waals surface area contributed by atoms with Gasteiger partial charge in [-0.3, -0.25) is 10.1 Å². The molecular formula is C13H17N3O4S. The number of rotatable bonds is 4. The fraction of sp³-hybridized carbons (Fsp3) is 0.538. The maximum absolute atomic E-state index is 12.5. The molecule has 0 unspecified atom stereocenters. The van der Waals surface area contributed by atoms with E-state index in [1.165, 1.54) is 28.6 Å². The summed E-state index contributed by atoms with van der Waals surface area (Å²) in [6.07, 6.45) is 1.79. The highest BCUT2D eigenvalue weighted by Crippen LogP contribution is 2.57. The van der Waals surface area contributed by atoms with Crippen molar-refractivity contribution in [3.8, 4) is 0 Å². The fourth-order valence-electron chi connectivity index (χ4n) is 3.14. The van der Waals surface area contributed by atoms with Gasteiger partial charge < -0.3 is 5.73 Å². The van der Waals surface area contributed by atoms with Gasteiger partial charge in [-0.05, 0) is 42.9 Å². The van der Waals surface area contributed by atoms with Crippen LogP contribution in [0, 0.1) is 21.4 Å². The molecule has 1 aliphatic carbocycles. The Morgan fingerprint density at radius 2 is 2.05 bits per heavy atom. The molecule has 1 aromatic rings. The molecule has 3 rings (SSSR count). The van der Waals surface area contributed by atoms with Gasteiger partial charge in [0.25, 0.3) is 5.69 Å². The number of hydrogen-bond donors (Lipinski definition) is 1. The quantitative estimate of drug-likeness (QED) is 0.658. The molecule has 114 valence electrons. The molecule has 2 aliphatic rings. The number of hydrogen-bond acceptors (Lipinski definition) is 5. The van der Waals surface area contributed by atoms with E-state index < -0.39 is 14.9 Å². The zero-order valence-corrected chi connectivity index (χ0v) is 12.3. The zero-order chi connectivity index (χ0) is 15.3. The van der Waals surface area contributed by atoms with Crippen LogP contribution in [0.3, 0.4) is 0 Å². The van der Waals surface area contributed by atoms with Crippen LogP contribution in [-0.2, 0) is 10.0 Å². The maximum Gasteiger partial charge on any atom is 0.269 e. The predicted molar refractivity (Wildman–Crippen MR) is 76.1 cm³/mol. The summed E-state index contributed by atoms with van der Waals surface area (Å²) in [6, 6.07) is 5.03. The predicted octanol–water partition coefficient (Wildman–Crippen LogP) is 0.954. The second-order valence-electron chi connectivity index (χ2n) is 5.83. The molecule has 2 fully saturated rings. The number of non-ortho nitro benzene ring substituents is 1. The molecule has 0 aromatic heterocycles. The Morgan fingerprint density at radius 3 is 2.57 bits per heavy atom. The molecule has 1 saturated carbocycles. The van der Waals surface area contributed by atoms with Crippen molar-refractivity contribution >= 4 is 15.7 Å². The lowest BCUT2D eigenvalue weighted by atomic mass is 9.97.